The molecule has 0 saturated carbocycles. The number of hydrogen-bond acceptors (Lipinski definition) is 5. The predicted octanol–water partition coefficient (Wildman–Crippen LogP) is 2.80. The Morgan fingerprint density at radius 1 is 1.29 bits per heavy atom. The van der Waals surface area contributed by atoms with E-state index in [2.05, 4.69) is 20.3 Å². The summed E-state index contributed by atoms with van der Waals surface area (Å²) in [5.41, 5.74) is 3.03. The molecule has 6 heteroatoms. The van der Waals surface area contributed by atoms with E-state index in [9.17, 15) is 4.79 Å². The van der Waals surface area contributed by atoms with Gasteiger partial charge in [-0.15, -0.1) is 0 Å². The summed E-state index contributed by atoms with van der Waals surface area (Å²) < 4.78 is 4.72. The molecule has 0 fully saturated rings. The summed E-state index contributed by atoms with van der Waals surface area (Å²) in [4.78, 5) is 23.1. The number of carbonyl (C=O) groups excluding carboxylic acids is 1. The van der Waals surface area contributed by atoms with E-state index < -0.39 is 0 Å². The number of aryl methyl sites for hydroxylation is 1. The first-order chi connectivity index (χ1) is 10.2. The molecule has 2 aromatic heterocycles. The minimum atomic E-state index is -0.371. The summed E-state index contributed by atoms with van der Waals surface area (Å²) in [5, 5.41) is 4.10. The number of anilines is 2. The van der Waals surface area contributed by atoms with Crippen LogP contribution in [0.25, 0.3) is 11.0 Å². The van der Waals surface area contributed by atoms with Crippen LogP contribution in [0.1, 0.15) is 16.1 Å². The number of nitrogens with one attached hydrogen (secondary N) is 2. The van der Waals surface area contributed by atoms with Gasteiger partial charge in [0.25, 0.3) is 0 Å². The fourth-order valence-electron chi connectivity index (χ4n) is 2.15. The summed E-state index contributed by atoms with van der Waals surface area (Å²) in [7, 11) is 1.36. The molecule has 0 saturated heterocycles. The van der Waals surface area contributed by atoms with Crippen LogP contribution in [0.5, 0.6) is 0 Å². The number of carbonyl (C=O) groups is 1. The van der Waals surface area contributed by atoms with E-state index in [-0.39, 0.29) is 5.97 Å². The second-order valence-corrected chi connectivity index (χ2v) is 4.63. The van der Waals surface area contributed by atoms with Gasteiger partial charge in [0.05, 0.1) is 18.1 Å². The van der Waals surface area contributed by atoms with E-state index in [4.69, 9.17) is 4.74 Å². The Morgan fingerprint density at radius 3 is 2.95 bits per heavy atom. The standard InChI is InChI=1S/C15H14N4O2/c1-9-6-12-13(18-9)16-8-17-14(12)19-11-5-3-4-10(7-11)15(20)21-2/h3-8H,1-2H3,(H2,16,17,18,19). The Hall–Kier alpha value is -2.89. The number of methoxy groups -OCH3 is 1. The van der Waals surface area contributed by atoms with Crippen molar-refractivity contribution in [2.45, 2.75) is 6.92 Å². The fourth-order valence-corrected chi connectivity index (χ4v) is 2.15. The molecule has 3 rings (SSSR count). The van der Waals surface area contributed by atoms with Crippen LogP contribution in [-0.2, 0) is 4.74 Å². The summed E-state index contributed by atoms with van der Waals surface area (Å²) in [5.74, 6) is 0.315. The topological polar surface area (TPSA) is 79.9 Å². The van der Waals surface area contributed by atoms with E-state index in [0.717, 1.165) is 22.4 Å². The maximum Gasteiger partial charge on any atom is 0.337 e. The number of fused-ring (bicyclic) bond motifs is 1. The quantitative estimate of drug-likeness (QED) is 0.722. The number of aromatic nitrogens is 3. The van der Waals surface area contributed by atoms with Gasteiger partial charge in [0.2, 0.25) is 0 Å². The van der Waals surface area contributed by atoms with E-state index in [1.165, 1.54) is 13.4 Å². The second kappa shape index (κ2) is 5.24. The largest absolute Gasteiger partial charge is 0.465 e. The van der Waals surface area contributed by atoms with Crippen LogP contribution >= 0.6 is 0 Å². The number of esters is 1. The van der Waals surface area contributed by atoms with Crippen molar-refractivity contribution in [3.05, 3.63) is 47.9 Å². The highest BCUT2D eigenvalue weighted by Gasteiger charge is 2.09. The van der Waals surface area contributed by atoms with Crippen LogP contribution in [0.3, 0.4) is 0 Å². The molecule has 0 aliphatic rings. The molecule has 0 atom stereocenters. The van der Waals surface area contributed by atoms with Crippen LogP contribution in [0.15, 0.2) is 36.7 Å². The van der Waals surface area contributed by atoms with Gasteiger partial charge in [0.15, 0.2) is 0 Å². The maximum atomic E-state index is 11.6. The first-order valence-electron chi connectivity index (χ1n) is 6.43. The molecule has 2 N–H and O–H groups in total. The SMILES string of the molecule is COC(=O)c1cccc(Nc2ncnc3[nH]c(C)cc23)c1. The van der Waals surface area contributed by atoms with Crippen molar-refractivity contribution in [2.24, 2.45) is 0 Å². The molecule has 2 heterocycles. The Balaban J connectivity index is 1.97. The highest BCUT2D eigenvalue weighted by molar-refractivity contribution is 5.92. The first-order valence-corrected chi connectivity index (χ1v) is 6.43. The van der Waals surface area contributed by atoms with Crippen molar-refractivity contribution >= 4 is 28.5 Å². The number of hydrogen-bond donors (Lipinski definition) is 2. The van der Waals surface area contributed by atoms with Gasteiger partial charge < -0.3 is 15.0 Å². The number of H-pyrrole nitrogens is 1. The van der Waals surface area contributed by atoms with Gasteiger partial charge in [0.1, 0.15) is 17.8 Å². The van der Waals surface area contributed by atoms with E-state index in [1.807, 2.05) is 19.1 Å². The molecule has 21 heavy (non-hydrogen) atoms. The fraction of sp³-hybridized carbons (Fsp3) is 0.133. The van der Waals surface area contributed by atoms with Gasteiger partial charge in [-0.2, -0.15) is 0 Å². The Bertz CT molecular complexity index is 810. The normalized spacial score (nSPS) is 10.6. The van der Waals surface area contributed by atoms with Gasteiger partial charge in [-0.25, -0.2) is 14.8 Å². The Kier molecular flexibility index (Phi) is 3.27. The highest BCUT2D eigenvalue weighted by atomic mass is 16.5. The van der Waals surface area contributed by atoms with Crippen molar-refractivity contribution in [1.82, 2.24) is 15.0 Å². The summed E-state index contributed by atoms with van der Waals surface area (Å²) in [6, 6.07) is 9.05. The molecule has 0 bridgehead atoms. The van der Waals surface area contributed by atoms with Gasteiger partial charge in [-0.3, -0.25) is 0 Å². The molecular formula is C15H14N4O2. The van der Waals surface area contributed by atoms with Gasteiger partial charge in [-0.05, 0) is 31.2 Å². The monoisotopic (exact) mass is 282 g/mol. The summed E-state index contributed by atoms with van der Waals surface area (Å²) in [6.07, 6.45) is 1.49. The first kappa shape index (κ1) is 13.1. The molecule has 3 aromatic rings. The van der Waals surface area contributed by atoms with Crippen LogP contribution in [0.4, 0.5) is 11.5 Å². The summed E-state index contributed by atoms with van der Waals surface area (Å²) >= 11 is 0. The van der Waals surface area contributed by atoms with Gasteiger partial charge in [-0.1, -0.05) is 6.07 Å². The minimum absolute atomic E-state index is 0.371. The van der Waals surface area contributed by atoms with Gasteiger partial charge in [0, 0.05) is 11.4 Å². The van der Waals surface area contributed by atoms with Crippen LogP contribution in [-0.4, -0.2) is 28.0 Å². The molecule has 0 unspecified atom stereocenters. The second-order valence-electron chi connectivity index (χ2n) is 4.63. The molecule has 6 nitrogen and oxygen atoms in total. The van der Waals surface area contributed by atoms with Crippen molar-refractivity contribution in [3.8, 4) is 0 Å². The lowest BCUT2D eigenvalue weighted by atomic mass is 10.2. The molecule has 0 spiro atoms. The average molecular weight is 282 g/mol. The van der Waals surface area contributed by atoms with Crippen LogP contribution in [0.2, 0.25) is 0 Å². The highest BCUT2D eigenvalue weighted by Crippen LogP contribution is 2.24. The number of rotatable bonds is 3. The lowest BCUT2D eigenvalue weighted by Crippen LogP contribution is -2.02. The Morgan fingerprint density at radius 2 is 2.14 bits per heavy atom. The zero-order valence-electron chi connectivity index (χ0n) is 11.7. The Labute approximate surface area is 121 Å². The van der Waals surface area contributed by atoms with Crippen LogP contribution < -0.4 is 5.32 Å². The smallest absolute Gasteiger partial charge is 0.337 e. The third-order valence-corrected chi connectivity index (χ3v) is 3.11. The summed E-state index contributed by atoms with van der Waals surface area (Å²) in [6.45, 7) is 1.96. The lowest BCUT2D eigenvalue weighted by Gasteiger charge is -2.07. The number of benzene rings is 1. The zero-order chi connectivity index (χ0) is 14.8. The third kappa shape index (κ3) is 2.55. The van der Waals surface area contributed by atoms with Crippen molar-refractivity contribution < 1.29 is 9.53 Å². The molecule has 0 aliphatic heterocycles. The van der Waals surface area contributed by atoms with Gasteiger partial charge >= 0.3 is 5.97 Å². The third-order valence-electron chi connectivity index (χ3n) is 3.11. The maximum absolute atomic E-state index is 11.6. The molecule has 106 valence electrons. The molecular weight excluding hydrogens is 268 g/mol. The average Bonchev–Trinajstić information content (AvgIpc) is 2.88. The number of aromatic amines is 1. The number of ether oxygens (including phenoxy) is 1. The van der Waals surface area contributed by atoms with E-state index in [1.54, 1.807) is 18.2 Å². The molecule has 0 aliphatic carbocycles. The zero-order valence-corrected chi connectivity index (χ0v) is 11.7. The van der Waals surface area contributed by atoms with E-state index in [0.29, 0.717) is 11.4 Å². The molecule has 0 amide bonds. The number of nitrogens with zero attached hydrogens (tertiary/aromatic N) is 2. The minimum Gasteiger partial charge on any atom is -0.465 e. The molecule has 1 aromatic carbocycles. The van der Waals surface area contributed by atoms with E-state index >= 15 is 0 Å². The predicted molar refractivity (Wildman–Crippen MR) is 79.7 cm³/mol. The van der Waals surface area contributed by atoms with Crippen molar-refractivity contribution in [3.63, 3.8) is 0 Å². The van der Waals surface area contributed by atoms with Crippen molar-refractivity contribution in [2.75, 3.05) is 12.4 Å². The lowest BCUT2D eigenvalue weighted by molar-refractivity contribution is 0.0601. The van der Waals surface area contributed by atoms with Crippen molar-refractivity contribution in [1.29, 1.82) is 0 Å². The van der Waals surface area contributed by atoms with Crippen LogP contribution in [0, 0.1) is 6.92 Å². The molecule has 0 radical (unpaired) electrons.